The summed E-state index contributed by atoms with van der Waals surface area (Å²) in [5.74, 6) is 0. The number of hydrogen-bond acceptors (Lipinski definition) is 4. The molecule has 1 aliphatic heterocycles. The predicted molar refractivity (Wildman–Crippen MR) is 60.1 cm³/mol. The molecule has 1 heterocycles. The Balaban J connectivity index is 0.00000144. The van der Waals surface area contributed by atoms with Crippen molar-refractivity contribution in [3.05, 3.63) is 25.2 Å². The fourth-order valence-electron chi connectivity index (χ4n) is 1.10. The molecule has 0 fully saturated rings. The zero-order valence-electron chi connectivity index (χ0n) is 7.60. The van der Waals surface area contributed by atoms with E-state index in [9.17, 15) is 0 Å². The van der Waals surface area contributed by atoms with Crippen LogP contribution in [0.2, 0.25) is 0 Å². The van der Waals surface area contributed by atoms with Crippen LogP contribution in [0.15, 0.2) is 25.2 Å². The summed E-state index contributed by atoms with van der Waals surface area (Å²) in [5.41, 5.74) is 11.1. The first kappa shape index (κ1) is 12.5. The van der Waals surface area contributed by atoms with Gasteiger partial charge in [-0.3, -0.25) is 0 Å². The third-order valence-electron chi connectivity index (χ3n) is 1.82. The van der Waals surface area contributed by atoms with Gasteiger partial charge in [-0.05, 0) is 6.20 Å². The van der Waals surface area contributed by atoms with Gasteiger partial charge in [0.05, 0.1) is 6.67 Å². The predicted octanol–water partition coefficient (Wildman–Crippen LogP) is 0.0401. The summed E-state index contributed by atoms with van der Waals surface area (Å²) in [7, 11) is 0. The van der Waals surface area contributed by atoms with Crippen LogP contribution in [-0.2, 0) is 0 Å². The van der Waals surface area contributed by atoms with Gasteiger partial charge in [-0.15, -0.1) is 17.0 Å². The molecule has 1 unspecified atom stereocenters. The van der Waals surface area contributed by atoms with Gasteiger partial charge in [0.25, 0.3) is 0 Å². The van der Waals surface area contributed by atoms with Crippen LogP contribution in [0.25, 0.3) is 0 Å². The van der Waals surface area contributed by atoms with Crippen molar-refractivity contribution in [2.45, 2.75) is 6.04 Å². The molecule has 0 spiro atoms. The zero-order valence-corrected chi connectivity index (χ0v) is 9.31. The van der Waals surface area contributed by atoms with Crippen molar-refractivity contribution in [2.75, 3.05) is 19.8 Å². The van der Waals surface area contributed by atoms with Crippen LogP contribution < -0.4 is 11.5 Å². The standard InChI is InChI=1S/C8H16N4.BrH/c1-2-11-3-4-12(7-11)6-8(10)5-9;/h2-4,8H,1,5-7,9-10H2;1H. The molecule has 0 amide bonds. The molecule has 0 aromatic heterocycles. The Bertz CT molecular complexity index is 183. The van der Waals surface area contributed by atoms with E-state index in [1.54, 1.807) is 6.20 Å². The van der Waals surface area contributed by atoms with Crippen molar-refractivity contribution in [1.82, 2.24) is 9.80 Å². The molecule has 0 radical (unpaired) electrons. The quantitative estimate of drug-likeness (QED) is 0.738. The molecule has 5 heteroatoms. The van der Waals surface area contributed by atoms with Crippen LogP contribution in [0.3, 0.4) is 0 Å². The molecule has 0 aromatic carbocycles. The average Bonchev–Trinajstić information content (AvgIpc) is 2.52. The second-order valence-corrected chi connectivity index (χ2v) is 2.90. The topological polar surface area (TPSA) is 58.5 Å². The van der Waals surface area contributed by atoms with E-state index < -0.39 is 0 Å². The summed E-state index contributed by atoms with van der Waals surface area (Å²) in [5, 5.41) is 0. The fourth-order valence-corrected chi connectivity index (χ4v) is 1.10. The van der Waals surface area contributed by atoms with Gasteiger partial charge < -0.3 is 21.3 Å². The SMILES string of the molecule is Br.C=CN1C=CN(CC(N)CN)C1. The van der Waals surface area contributed by atoms with Crippen molar-refractivity contribution in [2.24, 2.45) is 11.5 Å². The molecular formula is C8H17BrN4. The normalized spacial score (nSPS) is 17.1. The largest absolute Gasteiger partial charge is 0.357 e. The van der Waals surface area contributed by atoms with Gasteiger partial charge in [-0.2, -0.15) is 0 Å². The molecule has 4 nitrogen and oxygen atoms in total. The first-order valence-electron chi connectivity index (χ1n) is 4.02. The molecule has 76 valence electrons. The van der Waals surface area contributed by atoms with Crippen molar-refractivity contribution in [3.63, 3.8) is 0 Å². The molecule has 0 saturated heterocycles. The second kappa shape index (κ2) is 6.01. The van der Waals surface area contributed by atoms with Crippen LogP contribution >= 0.6 is 17.0 Å². The van der Waals surface area contributed by atoms with Crippen LogP contribution in [0, 0.1) is 0 Å². The van der Waals surface area contributed by atoms with Crippen LogP contribution in [-0.4, -0.2) is 35.6 Å². The minimum Gasteiger partial charge on any atom is -0.357 e. The number of halogens is 1. The molecule has 1 rings (SSSR count). The smallest absolute Gasteiger partial charge is 0.0936 e. The van der Waals surface area contributed by atoms with Gasteiger partial charge >= 0.3 is 0 Å². The molecule has 0 bridgehead atoms. The van der Waals surface area contributed by atoms with E-state index in [1.165, 1.54) is 0 Å². The zero-order chi connectivity index (χ0) is 8.97. The van der Waals surface area contributed by atoms with Crippen LogP contribution in [0.1, 0.15) is 0 Å². The minimum absolute atomic E-state index is 0. The summed E-state index contributed by atoms with van der Waals surface area (Å²) in [4.78, 5) is 4.10. The van der Waals surface area contributed by atoms with E-state index >= 15 is 0 Å². The number of hydrogen-bond donors (Lipinski definition) is 2. The van der Waals surface area contributed by atoms with Gasteiger partial charge in [0.2, 0.25) is 0 Å². The van der Waals surface area contributed by atoms with Crippen LogP contribution in [0.5, 0.6) is 0 Å². The van der Waals surface area contributed by atoms with E-state index in [4.69, 9.17) is 11.5 Å². The lowest BCUT2D eigenvalue weighted by atomic mass is 10.3. The van der Waals surface area contributed by atoms with E-state index in [1.807, 2.05) is 17.3 Å². The van der Waals surface area contributed by atoms with Gasteiger partial charge in [-0.1, -0.05) is 6.58 Å². The molecule has 0 aromatic rings. The Morgan fingerprint density at radius 2 is 2.23 bits per heavy atom. The highest BCUT2D eigenvalue weighted by atomic mass is 79.9. The Labute approximate surface area is 89.6 Å². The monoisotopic (exact) mass is 248 g/mol. The Hall–Kier alpha value is -0.520. The lowest BCUT2D eigenvalue weighted by Crippen LogP contribution is -2.40. The lowest BCUT2D eigenvalue weighted by molar-refractivity contribution is 0.299. The highest BCUT2D eigenvalue weighted by molar-refractivity contribution is 8.93. The second-order valence-electron chi connectivity index (χ2n) is 2.90. The van der Waals surface area contributed by atoms with Crippen LogP contribution in [0.4, 0.5) is 0 Å². The molecule has 13 heavy (non-hydrogen) atoms. The maximum absolute atomic E-state index is 5.69. The molecular weight excluding hydrogens is 232 g/mol. The summed E-state index contributed by atoms with van der Waals surface area (Å²) < 4.78 is 0. The van der Waals surface area contributed by atoms with Gasteiger partial charge in [-0.25, -0.2) is 0 Å². The number of nitrogens with two attached hydrogens (primary N) is 2. The third kappa shape index (κ3) is 3.80. The molecule has 0 aliphatic carbocycles. The summed E-state index contributed by atoms with van der Waals surface area (Å²) in [6.07, 6.45) is 5.75. The average molecular weight is 249 g/mol. The van der Waals surface area contributed by atoms with Crippen molar-refractivity contribution >= 4 is 17.0 Å². The van der Waals surface area contributed by atoms with Crippen molar-refractivity contribution in [1.29, 1.82) is 0 Å². The lowest BCUT2D eigenvalue weighted by Gasteiger charge is -2.21. The summed E-state index contributed by atoms with van der Waals surface area (Å²) >= 11 is 0. The molecule has 1 atom stereocenters. The highest BCUT2D eigenvalue weighted by Crippen LogP contribution is 2.05. The Morgan fingerprint density at radius 1 is 1.54 bits per heavy atom. The molecule has 1 aliphatic rings. The molecule has 4 N–H and O–H groups in total. The van der Waals surface area contributed by atoms with E-state index in [0.29, 0.717) is 6.54 Å². The Kier molecular flexibility index (Phi) is 5.77. The molecule has 0 saturated carbocycles. The van der Waals surface area contributed by atoms with Gasteiger partial charge in [0, 0.05) is 31.5 Å². The third-order valence-corrected chi connectivity index (χ3v) is 1.82. The maximum atomic E-state index is 5.69. The summed E-state index contributed by atoms with van der Waals surface area (Å²) in [6.45, 7) is 5.83. The highest BCUT2D eigenvalue weighted by Gasteiger charge is 2.11. The first-order valence-corrected chi connectivity index (χ1v) is 4.02. The van der Waals surface area contributed by atoms with E-state index in [0.717, 1.165) is 13.2 Å². The number of rotatable bonds is 4. The van der Waals surface area contributed by atoms with E-state index in [-0.39, 0.29) is 23.0 Å². The maximum Gasteiger partial charge on any atom is 0.0936 e. The first-order chi connectivity index (χ1) is 5.76. The Morgan fingerprint density at radius 3 is 2.69 bits per heavy atom. The fraction of sp³-hybridized carbons (Fsp3) is 0.500. The van der Waals surface area contributed by atoms with Gasteiger partial charge in [0.15, 0.2) is 0 Å². The van der Waals surface area contributed by atoms with Crippen molar-refractivity contribution in [3.8, 4) is 0 Å². The minimum atomic E-state index is 0. The van der Waals surface area contributed by atoms with Crippen molar-refractivity contribution < 1.29 is 0 Å². The summed E-state index contributed by atoms with van der Waals surface area (Å²) in [6, 6.07) is 0.0550. The number of nitrogens with zero attached hydrogens (tertiary/aromatic N) is 2. The van der Waals surface area contributed by atoms with E-state index in [2.05, 4.69) is 11.5 Å². The van der Waals surface area contributed by atoms with Gasteiger partial charge in [0.1, 0.15) is 0 Å².